The zero-order valence-corrected chi connectivity index (χ0v) is 11.0. The second kappa shape index (κ2) is 6.55. The molecule has 1 heterocycles. The summed E-state index contributed by atoms with van der Waals surface area (Å²) in [5, 5.41) is 6.52. The lowest BCUT2D eigenvalue weighted by Gasteiger charge is -2.19. The highest BCUT2D eigenvalue weighted by Crippen LogP contribution is 2.15. The minimum Gasteiger partial charge on any atom is -0.352 e. The van der Waals surface area contributed by atoms with Gasteiger partial charge in [-0.25, -0.2) is 0 Å². The van der Waals surface area contributed by atoms with Gasteiger partial charge in [0.1, 0.15) is 0 Å². The number of hydrogen-bond donors (Lipinski definition) is 2. The van der Waals surface area contributed by atoms with Crippen LogP contribution in [0.4, 0.5) is 0 Å². The molecule has 18 heavy (non-hydrogen) atoms. The number of rotatable bonds is 3. The lowest BCUT2D eigenvalue weighted by Crippen LogP contribution is -2.42. The molecule has 1 amide bonds. The third-order valence-electron chi connectivity index (χ3n) is 3.59. The summed E-state index contributed by atoms with van der Waals surface area (Å²) in [6.45, 7) is 3.93. The summed E-state index contributed by atoms with van der Waals surface area (Å²) in [5.41, 5.74) is 1.08. The van der Waals surface area contributed by atoms with E-state index in [0.717, 1.165) is 25.1 Å². The molecule has 1 aliphatic rings. The molecule has 0 aromatic heterocycles. The molecule has 1 aromatic carbocycles. The van der Waals surface area contributed by atoms with Gasteiger partial charge in [-0.1, -0.05) is 36.8 Å². The minimum absolute atomic E-state index is 0.0746. The van der Waals surface area contributed by atoms with Gasteiger partial charge in [0.2, 0.25) is 5.91 Å². The maximum Gasteiger partial charge on any atom is 0.227 e. The Morgan fingerprint density at radius 3 is 2.89 bits per heavy atom. The molecule has 1 aromatic rings. The van der Waals surface area contributed by atoms with Gasteiger partial charge in [0.15, 0.2) is 0 Å². The van der Waals surface area contributed by atoms with Crippen molar-refractivity contribution in [2.45, 2.75) is 38.1 Å². The van der Waals surface area contributed by atoms with Gasteiger partial charge in [0.25, 0.3) is 0 Å². The van der Waals surface area contributed by atoms with Crippen LogP contribution in [0, 0.1) is 0 Å². The average Bonchev–Trinajstić information content (AvgIpc) is 2.67. The van der Waals surface area contributed by atoms with E-state index in [-0.39, 0.29) is 17.9 Å². The number of hydrogen-bond acceptors (Lipinski definition) is 2. The summed E-state index contributed by atoms with van der Waals surface area (Å²) in [5.74, 6) is 0.0596. The Labute approximate surface area is 109 Å². The molecule has 0 aliphatic carbocycles. The van der Waals surface area contributed by atoms with Gasteiger partial charge in [0.05, 0.1) is 5.92 Å². The fourth-order valence-electron chi connectivity index (χ4n) is 2.36. The van der Waals surface area contributed by atoms with E-state index < -0.39 is 0 Å². The molecular weight excluding hydrogens is 224 g/mol. The van der Waals surface area contributed by atoms with Crippen molar-refractivity contribution >= 4 is 5.91 Å². The summed E-state index contributed by atoms with van der Waals surface area (Å²) in [4.78, 5) is 12.2. The fraction of sp³-hybridized carbons (Fsp3) is 0.533. The van der Waals surface area contributed by atoms with Crippen LogP contribution in [-0.4, -0.2) is 25.0 Å². The van der Waals surface area contributed by atoms with Gasteiger partial charge in [-0.2, -0.15) is 0 Å². The monoisotopic (exact) mass is 246 g/mol. The normalized spacial score (nSPS) is 21.9. The van der Waals surface area contributed by atoms with E-state index in [4.69, 9.17) is 0 Å². The third-order valence-corrected chi connectivity index (χ3v) is 3.59. The van der Waals surface area contributed by atoms with Crippen molar-refractivity contribution in [3.8, 4) is 0 Å². The Morgan fingerprint density at radius 1 is 1.33 bits per heavy atom. The fourth-order valence-corrected chi connectivity index (χ4v) is 2.36. The van der Waals surface area contributed by atoms with E-state index in [9.17, 15) is 4.79 Å². The number of nitrogens with one attached hydrogen (secondary N) is 2. The number of amides is 1. The standard InChI is InChI=1S/C15H22N2O/c1-12(13-7-3-2-4-8-13)15(18)17-14-9-5-6-10-16-11-14/h2-4,7-8,12,14,16H,5-6,9-11H2,1H3,(H,17,18). The van der Waals surface area contributed by atoms with Gasteiger partial charge >= 0.3 is 0 Å². The highest BCUT2D eigenvalue weighted by atomic mass is 16.1. The molecule has 0 spiro atoms. The highest BCUT2D eigenvalue weighted by molar-refractivity contribution is 5.83. The Kier molecular flexibility index (Phi) is 4.76. The molecule has 3 nitrogen and oxygen atoms in total. The Balaban J connectivity index is 1.90. The SMILES string of the molecule is CC(C(=O)NC1CCCCNC1)c1ccccc1. The molecule has 3 heteroatoms. The topological polar surface area (TPSA) is 41.1 Å². The first-order chi connectivity index (χ1) is 8.77. The molecule has 1 saturated heterocycles. The summed E-state index contributed by atoms with van der Waals surface area (Å²) in [6.07, 6.45) is 3.48. The number of benzene rings is 1. The lowest BCUT2D eigenvalue weighted by atomic mass is 10.00. The van der Waals surface area contributed by atoms with E-state index in [1.807, 2.05) is 37.3 Å². The summed E-state index contributed by atoms with van der Waals surface area (Å²) in [6, 6.07) is 10.2. The zero-order valence-electron chi connectivity index (χ0n) is 11.0. The maximum atomic E-state index is 12.2. The van der Waals surface area contributed by atoms with Crippen molar-refractivity contribution in [1.29, 1.82) is 0 Å². The van der Waals surface area contributed by atoms with Crippen LogP contribution in [0.3, 0.4) is 0 Å². The van der Waals surface area contributed by atoms with Crippen molar-refractivity contribution in [2.24, 2.45) is 0 Å². The van der Waals surface area contributed by atoms with Gasteiger partial charge in [0, 0.05) is 12.6 Å². The molecular formula is C15H22N2O. The van der Waals surface area contributed by atoms with Crippen LogP contribution >= 0.6 is 0 Å². The molecule has 0 saturated carbocycles. The van der Waals surface area contributed by atoms with E-state index >= 15 is 0 Å². The van der Waals surface area contributed by atoms with Gasteiger partial charge in [-0.05, 0) is 31.9 Å². The zero-order chi connectivity index (χ0) is 12.8. The molecule has 2 atom stereocenters. The molecule has 0 radical (unpaired) electrons. The molecule has 0 bridgehead atoms. The van der Waals surface area contributed by atoms with E-state index in [0.29, 0.717) is 0 Å². The summed E-state index contributed by atoms with van der Waals surface area (Å²) < 4.78 is 0. The third kappa shape index (κ3) is 3.57. The van der Waals surface area contributed by atoms with Crippen LogP contribution in [0.2, 0.25) is 0 Å². The lowest BCUT2D eigenvalue weighted by molar-refractivity contribution is -0.122. The Morgan fingerprint density at radius 2 is 2.11 bits per heavy atom. The van der Waals surface area contributed by atoms with Crippen LogP contribution in [0.15, 0.2) is 30.3 Å². The predicted molar refractivity (Wildman–Crippen MR) is 73.5 cm³/mol. The Bertz CT molecular complexity index is 369. The summed E-state index contributed by atoms with van der Waals surface area (Å²) in [7, 11) is 0. The Hall–Kier alpha value is -1.35. The van der Waals surface area contributed by atoms with Gasteiger partial charge in [-0.3, -0.25) is 4.79 Å². The molecule has 98 valence electrons. The maximum absolute atomic E-state index is 12.2. The van der Waals surface area contributed by atoms with Crippen LogP contribution in [0.25, 0.3) is 0 Å². The molecule has 2 rings (SSSR count). The second-order valence-corrected chi connectivity index (χ2v) is 5.04. The minimum atomic E-state index is -0.0746. The van der Waals surface area contributed by atoms with Crippen LogP contribution < -0.4 is 10.6 Å². The first-order valence-electron chi connectivity index (χ1n) is 6.83. The predicted octanol–water partition coefficient (Wildman–Crippen LogP) is 2.05. The highest BCUT2D eigenvalue weighted by Gasteiger charge is 2.19. The van der Waals surface area contributed by atoms with E-state index in [1.165, 1.54) is 12.8 Å². The average molecular weight is 246 g/mol. The first-order valence-corrected chi connectivity index (χ1v) is 6.83. The number of carbonyl (C=O) groups is 1. The van der Waals surface area contributed by atoms with Crippen molar-refractivity contribution in [2.75, 3.05) is 13.1 Å². The van der Waals surface area contributed by atoms with E-state index in [2.05, 4.69) is 10.6 Å². The smallest absolute Gasteiger partial charge is 0.227 e. The van der Waals surface area contributed by atoms with Crippen LogP contribution in [-0.2, 0) is 4.79 Å². The first kappa shape index (κ1) is 13.1. The number of carbonyl (C=O) groups excluding carboxylic acids is 1. The van der Waals surface area contributed by atoms with Crippen molar-refractivity contribution < 1.29 is 4.79 Å². The van der Waals surface area contributed by atoms with Crippen molar-refractivity contribution in [3.05, 3.63) is 35.9 Å². The van der Waals surface area contributed by atoms with E-state index in [1.54, 1.807) is 0 Å². The molecule has 2 unspecified atom stereocenters. The van der Waals surface area contributed by atoms with Crippen molar-refractivity contribution in [3.63, 3.8) is 0 Å². The van der Waals surface area contributed by atoms with Crippen molar-refractivity contribution in [1.82, 2.24) is 10.6 Å². The molecule has 1 fully saturated rings. The largest absolute Gasteiger partial charge is 0.352 e. The molecule has 1 aliphatic heterocycles. The second-order valence-electron chi connectivity index (χ2n) is 5.04. The quantitative estimate of drug-likeness (QED) is 0.857. The van der Waals surface area contributed by atoms with Gasteiger partial charge < -0.3 is 10.6 Å². The van der Waals surface area contributed by atoms with Gasteiger partial charge in [-0.15, -0.1) is 0 Å². The summed E-state index contributed by atoms with van der Waals surface area (Å²) >= 11 is 0. The van der Waals surface area contributed by atoms with Crippen LogP contribution in [0.1, 0.15) is 37.7 Å². The van der Waals surface area contributed by atoms with Crippen LogP contribution in [0.5, 0.6) is 0 Å². The molecule has 2 N–H and O–H groups in total.